The number of hydrogen-bond donors (Lipinski definition) is 3. The quantitative estimate of drug-likeness (QED) is 0.240. The molecule has 224 valence electrons. The van der Waals surface area contributed by atoms with Crippen LogP contribution in [-0.2, 0) is 33.5 Å². The van der Waals surface area contributed by atoms with Gasteiger partial charge < -0.3 is 15.4 Å². The van der Waals surface area contributed by atoms with Crippen LogP contribution in [-0.4, -0.2) is 54.3 Å². The van der Waals surface area contributed by atoms with Gasteiger partial charge in [-0.2, -0.15) is 13.2 Å². The molecule has 0 saturated carbocycles. The van der Waals surface area contributed by atoms with E-state index < -0.39 is 23.7 Å². The number of likely N-dealkylation sites (tertiary alicyclic amines) is 1. The Labute approximate surface area is 240 Å². The third-order valence-corrected chi connectivity index (χ3v) is 6.57. The number of urea groups is 1. The summed E-state index contributed by atoms with van der Waals surface area (Å²) in [6.45, 7) is 4.38. The molecule has 4 rings (SSSR count). The number of hydrogen-bond acceptors (Lipinski definition) is 7. The SMILES string of the molecule is CCOC(=O)CN1CCC(C[n+]2cc(NC(=O)Nc3cc(NC(=O)Cc4ccccc4)cc(C(F)(F)F)c3)on2)CC1. The van der Waals surface area contributed by atoms with Crippen LogP contribution in [0.5, 0.6) is 0 Å². The standard InChI is InChI=1S/C28H31F3N6O5/c1-2-41-26(39)18-36-10-8-20(9-11-36)16-37-17-25(42-35-37)34-27(40)33-23-14-21(28(29,30)31)13-22(15-23)32-24(38)12-19-6-4-3-5-7-19/h3-7,13-15,17,20H,2,8-12,16,18H2,1H3,(H2-,32,33,34,35,38,40)/p+1. The maximum Gasteiger partial charge on any atom is 0.416 e. The van der Waals surface area contributed by atoms with E-state index in [0.717, 1.165) is 38.1 Å². The van der Waals surface area contributed by atoms with Gasteiger partial charge in [0.05, 0.1) is 25.1 Å². The maximum absolute atomic E-state index is 13.5. The predicted octanol–water partition coefficient (Wildman–Crippen LogP) is 4.08. The van der Waals surface area contributed by atoms with Crippen LogP contribution in [0.25, 0.3) is 0 Å². The first kappa shape index (κ1) is 30.5. The van der Waals surface area contributed by atoms with Crippen molar-refractivity contribution < 1.29 is 41.5 Å². The normalized spacial score (nSPS) is 14.3. The Morgan fingerprint density at radius 3 is 2.40 bits per heavy atom. The summed E-state index contributed by atoms with van der Waals surface area (Å²) in [6.07, 6.45) is -1.59. The average molecular weight is 590 g/mol. The van der Waals surface area contributed by atoms with Crippen LogP contribution in [0.4, 0.5) is 35.2 Å². The van der Waals surface area contributed by atoms with Crippen molar-refractivity contribution >= 4 is 35.2 Å². The summed E-state index contributed by atoms with van der Waals surface area (Å²) in [5.74, 6) is -0.478. The molecule has 1 fully saturated rings. The molecule has 0 radical (unpaired) electrons. The summed E-state index contributed by atoms with van der Waals surface area (Å²) < 4.78 is 52.3. The number of rotatable bonds is 10. The Balaban J connectivity index is 1.31. The number of ether oxygens (including phenoxy) is 1. The fourth-order valence-electron chi connectivity index (χ4n) is 4.60. The first-order valence-electron chi connectivity index (χ1n) is 13.5. The van der Waals surface area contributed by atoms with Gasteiger partial charge in [0.2, 0.25) is 11.2 Å². The molecule has 42 heavy (non-hydrogen) atoms. The summed E-state index contributed by atoms with van der Waals surface area (Å²) in [6, 6.07) is 10.7. The molecule has 1 aliphatic rings. The van der Waals surface area contributed by atoms with Gasteiger partial charge in [-0.3, -0.25) is 24.3 Å². The molecule has 2 heterocycles. The molecule has 0 atom stereocenters. The molecule has 1 aliphatic heterocycles. The van der Waals surface area contributed by atoms with Crippen molar-refractivity contribution in [3.05, 3.63) is 65.9 Å². The largest absolute Gasteiger partial charge is 0.465 e. The highest BCUT2D eigenvalue weighted by Crippen LogP contribution is 2.33. The lowest BCUT2D eigenvalue weighted by Crippen LogP contribution is -2.44. The third-order valence-electron chi connectivity index (χ3n) is 6.57. The van der Waals surface area contributed by atoms with Gasteiger partial charge >= 0.3 is 24.1 Å². The number of carbonyl (C=O) groups is 3. The monoisotopic (exact) mass is 589 g/mol. The number of nitrogens with zero attached hydrogens (tertiary/aromatic N) is 3. The molecule has 3 aromatic rings. The van der Waals surface area contributed by atoms with Gasteiger partial charge in [0, 0.05) is 17.3 Å². The van der Waals surface area contributed by atoms with Gasteiger partial charge in [0.15, 0.2) is 6.54 Å². The fourth-order valence-corrected chi connectivity index (χ4v) is 4.60. The Morgan fingerprint density at radius 1 is 1.05 bits per heavy atom. The molecule has 1 saturated heterocycles. The van der Waals surface area contributed by atoms with E-state index in [4.69, 9.17) is 9.26 Å². The molecule has 0 unspecified atom stereocenters. The van der Waals surface area contributed by atoms with Crippen LogP contribution in [0.2, 0.25) is 0 Å². The van der Waals surface area contributed by atoms with Crippen LogP contribution < -0.4 is 20.6 Å². The van der Waals surface area contributed by atoms with Gasteiger partial charge in [-0.1, -0.05) is 35.0 Å². The number of aromatic nitrogens is 2. The van der Waals surface area contributed by atoms with E-state index in [9.17, 15) is 27.6 Å². The molecular weight excluding hydrogens is 557 g/mol. The minimum absolute atomic E-state index is 0.00406. The van der Waals surface area contributed by atoms with E-state index >= 15 is 0 Å². The van der Waals surface area contributed by atoms with Crippen LogP contribution in [0.3, 0.4) is 0 Å². The maximum atomic E-state index is 13.5. The summed E-state index contributed by atoms with van der Waals surface area (Å²) >= 11 is 0. The first-order valence-corrected chi connectivity index (χ1v) is 13.5. The fraction of sp³-hybridized carbons (Fsp3) is 0.393. The molecule has 1 aromatic heterocycles. The third kappa shape index (κ3) is 9.29. The number of piperidine rings is 1. The van der Waals surface area contributed by atoms with E-state index in [-0.39, 0.29) is 42.1 Å². The lowest BCUT2D eigenvalue weighted by molar-refractivity contribution is -0.767. The second-order valence-corrected chi connectivity index (χ2v) is 9.90. The van der Waals surface area contributed by atoms with Crippen molar-refractivity contribution in [2.75, 3.05) is 42.2 Å². The Kier molecular flexibility index (Phi) is 10.1. The van der Waals surface area contributed by atoms with Crippen molar-refractivity contribution in [2.45, 2.75) is 38.9 Å². The lowest BCUT2D eigenvalue weighted by atomic mass is 9.97. The van der Waals surface area contributed by atoms with E-state index in [1.54, 1.807) is 37.3 Å². The summed E-state index contributed by atoms with van der Waals surface area (Å²) in [5, 5.41) is 11.1. The number of alkyl halides is 3. The number of carbonyl (C=O) groups excluding carboxylic acids is 3. The Bertz CT molecular complexity index is 1370. The molecule has 2 aromatic carbocycles. The molecule has 14 heteroatoms. The molecular formula is C28H32F3N6O5+. The van der Waals surface area contributed by atoms with Gasteiger partial charge in [-0.15, -0.1) is 0 Å². The van der Waals surface area contributed by atoms with Gasteiger partial charge in [0.25, 0.3) is 6.20 Å². The molecule has 3 amide bonds. The van der Waals surface area contributed by atoms with Crippen molar-refractivity contribution in [3.63, 3.8) is 0 Å². The molecule has 0 aliphatic carbocycles. The number of nitrogens with one attached hydrogen (secondary N) is 3. The minimum Gasteiger partial charge on any atom is -0.465 e. The number of esters is 1. The number of halogens is 3. The van der Waals surface area contributed by atoms with Crippen molar-refractivity contribution in [3.8, 4) is 0 Å². The van der Waals surface area contributed by atoms with E-state index in [0.29, 0.717) is 18.7 Å². The van der Waals surface area contributed by atoms with Gasteiger partial charge in [-0.05, 0) is 56.6 Å². The average Bonchev–Trinajstić information content (AvgIpc) is 3.36. The van der Waals surface area contributed by atoms with Gasteiger partial charge in [-0.25, -0.2) is 4.79 Å². The highest BCUT2D eigenvalue weighted by atomic mass is 19.4. The van der Waals surface area contributed by atoms with Crippen molar-refractivity contribution in [1.29, 1.82) is 0 Å². The van der Waals surface area contributed by atoms with Crippen molar-refractivity contribution in [2.24, 2.45) is 5.92 Å². The molecule has 3 N–H and O–H groups in total. The predicted molar refractivity (Wildman–Crippen MR) is 145 cm³/mol. The Hall–Kier alpha value is -4.46. The summed E-state index contributed by atoms with van der Waals surface area (Å²) in [5.41, 5.74) is -0.643. The minimum atomic E-state index is -4.71. The topological polar surface area (TPSA) is 130 Å². The second-order valence-electron chi connectivity index (χ2n) is 9.90. The molecule has 0 spiro atoms. The number of benzene rings is 2. The van der Waals surface area contributed by atoms with Crippen LogP contribution in [0.1, 0.15) is 30.9 Å². The highest BCUT2D eigenvalue weighted by molar-refractivity contribution is 6.00. The molecule has 0 bridgehead atoms. The van der Waals surface area contributed by atoms with E-state index in [1.807, 2.05) is 4.90 Å². The van der Waals surface area contributed by atoms with Crippen LogP contribution in [0, 0.1) is 5.92 Å². The number of anilines is 3. The zero-order valence-electron chi connectivity index (χ0n) is 22.9. The first-order chi connectivity index (χ1) is 20.1. The highest BCUT2D eigenvalue weighted by Gasteiger charge is 2.32. The number of amides is 3. The summed E-state index contributed by atoms with van der Waals surface area (Å²) in [7, 11) is 0. The smallest absolute Gasteiger partial charge is 0.416 e. The Morgan fingerprint density at radius 2 is 1.74 bits per heavy atom. The second kappa shape index (κ2) is 13.9. The summed E-state index contributed by atoms with van der Waals surface area (Å²) in [4.78, 5) is 38.7. The van der Waals surface area contributed by atoms with E-state index in [2.05, 4.69) is 21.2 Å². The van der Waals surface area contributed by atoms with Crippen molar-refractivity contribution in [1.82, 2.24) is 10.2 Å². The zero-order chi connectivity index (χ0) is 30.1. The lowest BCUT2D eigenvalue weighted by Gasteiger charge is -2.29. The van der Waals surface area contributed by atoms with Gasteiger partial charge in [0.1, 0.15) is 0 Å². The van der Waals surface area contributed by atoms with Crippen LogP contribution in [0.15, 0.2) is 59.3 Å². The molecule has 11 nitrogen and oxygen atoms in total. The zero-order valence-corrected chi connectivity index (χ0v) is 22.9. The van der Waals surface area contributed by atoms with Crippen LogP contribution >= 0.6 is 0 Å². The van der Waals surface area contributed by atoms with E-state index in [1.165, 1.54) is 16.9 Å².